The van der Waals surface area contributed by atoms with E-state index in [-0.39, 0.29) is 11.7 Å². The molecular formula is C25H27FN4O. The first-order valence-corrected chi connectivity index (χ1v) is 10.5. The number of hydrogen-bond acceptors (Lipinski definition) is 3. The van der Waals surface area contributed by atoms with Gasteiger partial charge in [0.05, 0.1) is 11.4 Å². The predicted molar refractivity (Wildman–Crippen MR) is 122 cm³/mol. The quantitative estimate of drug-likeness (QED) is 0.594. The van der Waals surface area contributed by atoms with Gasteiger partial charge in [-0.05, 0) is 62.7 Å². The Hall–Kier alpha value is -3.41. The van der Waals surface area contributed by atoms with Crippen molar-refractivity contribution in [3.8, 4) is 5.69 Å². The molecule has 0 N–H and O–H groups in total. The number of amides is 1. The Balaban J connectivity index is 1.43. The van der Waals surface area contributed by atoms with Crippen LogP contribution in [-0.4, -0.2) is 46.8 Å². The molecule has 0 aliphatic carbocycles. The second-order valence-electron chi connectivity index (χ2n) is 7.90. The Kier molecular flexibility index (Phi) is 5.89. The summed E-state index contributed by atoms with van der Waals surface area (Å²) in [7, 11) is 0. The topological polar surface area (TPSA) is 41.4 Å². The molecule has 1 aliphatic heterocycles. The lowest BCUT2D eigenvalue weighted by atomic mass is 10.1. The van der Waals surface area contributed by atoms with Gasteiger partial charge in [-0.25, -0.2) is 9.07 Å². The number of rotatable bonds is 4. The first-order valence-electron chi connectivity index (χ1n) is 10.5. The molecule has 1 saturated heterocycles. The average Bonchev–Trinajstić information content (AvgIpc) is 3.06. The number of piperazine rings is 1. The van der Waals surface area contributed by atoms with Crippen molar-refractivity contribution in [3.05, 3.63) is 82.9 Å². The van der Waals surface area contributed by atoms with Crippen LogP contribution in [0.3, 0.4) is 0 Å². The van der Waals surface area contributed by atoms with E-state index in [0.29, 0.717) is 13.1 Å². The van der Waals surface area contributed by atoms with Crippen LogP contribution in [0.4, 0.5) is 10.1 Å². The van der Waals surface area contributed by atoms with Gasteiger partial charge in [-0.1, -0.05) is 18.2 Å². The van der Waals surface area contributed by atoms with Crippen molar-refractivity contribution in [2.75, 3.05) is 31.1 Å². The number of anilines is 1. The van der Waals surface area contributed by atoms with Gasteiger partial charge in [0.2, 0.25) is 5.91 Å². The van der Waals surface area contributed by atoms with Crippen LogP contribution in [0.2, 0.25) is 0 Å². The summed E-state index contributed by atoms with van der Waals surface area (Å²) >= 11 is 0. The van der Waals surface area contributed by atoms with Crippen LogP contribution in [0.1, 0.15) is 22.5 Å². The Morgan fingerprint density at radius 3 is 2.32 bits per heavy atom. The molecule has 3 aromatic rings. The van der Waals surface area contributed by atoms with Crippen LogP contribution in [0, 0.1) is 26.6 Å². The normalized spacial score (nSPS) is 14.5. The van der Waals surface area contributed by atoms with Crippen molar-refractivity contribution in [1.29, 1.82) is 0 Å². The van der Waals surface area contributed by atoms with Gasteiger partial charge in [0.25, 0.3) is 0 Å². The summed E-state index contributed by atoms with van der Waals surface area (Å²) in [5.74, 6) is -0.267. The van der Waals surface area contributed by atoms with Crippen LogP contribution in [-0.2, 0) is 4.79 Å². The zero-order valence-corrected chi connectivity index (χ0v) is 18.2. The maximum absolute atomic E-state index is 13.2. The molecule has 1 amide bonds. The molecule has 1 aliphatic rings. The molecule has 2 aromatic carbocycles. The smallest absolute Gasteiger partial charge is 0.246 e. The largest absolute Gasteiger partial charge is 0.368 e. The Morgan fingerprint density at radius 1 is 0.968 bits per heavy atom. The minimum absolute atomic E-state index is 0.0118. The van der Waals surface area contributed by atoms with E-state index in [4.69, 9.17) is 0 Å². The number of aryl methyl sites for hydroxylation is 2. The summed E-state index contributed by atoms with van der Waals surface area (Å²) in [5.41, 5.74) is 5.94. The van der Waals surface area contributed by atoms with E-state index in [1.54, 1.807) is 22.9 Å². The summed E-state index contributed by atoms with van der Waals surface area (Å²) in [6.45, 7) is 9.03. The molecule has 0 atom stereocenters. The molecular weight excluding hydrogens is 391 g/mol. The molecule has 0 saturated carbocycles. The molecule has 1 fully saturated rings. The summed E-state index contributed by atoms with van der Waals surface area (Å²) in [4.78, 5) is 17.0. The molecule has 0 radical (unpaired) electrons. The Morgan fingerprint density at radius 2 is 1.65 bits per heavy atom. The molecule has 31 heavy (non-hydrogen) atoms. The van der Waals surface area contributed by atoms with Crippen molar-refractivity contribution in [3.63, 3.8) is 0 Å². The first kappa shape index (κ1) is 20.8. The first-order chi connectivity index (χ1) is 14.9. The van der Waals surface area contributed by atoms with Gasteiger partial charge in [0.15, 0.2) is 0 Å². The SMILES string of the molecule is Cc1ccccc1N1CCN(C(=O)/C=C/c2c(C)nn(-c3ccc(F)cc3)c2C)CC1. The van der Waals surface area contributed by atoms with Gasteiger partial charge >= 0.3 is 0 Å². The van der Waals surface area contributed by atoms with E-state index in [0.717, 1.165) is 35.7 Å². The average molecular weight is 419 g/mol. The standard InChI is InChI=1S/C25H27FN4O/c1-18-6-4-5-7-24(18)28-14-16-29(17-15-28)25(31)13-12-23-19(2)27-30(20(23)3)22-10-8-21(26)9-11-22/h4-13H,14-17H2,1-3H3/b13-12+. The molecule has 4 rings (SSSR count). The lowest BCUT2D eigenvalue weighted by Gasteiger charge is -2.36. The molecule has 1 aromatic heterocycles. The number of carbonyl (C=O) groups is 1. The molecule has 6 heteroatoms. The summed E-state index contributed by atoms with van der Waals surface area (Å²) < 4.78 is 15.0. The molecule has 2 heterocycles. The fraction of sp³-hybridized carbons (Fsp3) is 0.280. The zero-order chi connectivity index (χ0) is 22.0. The lowest BCUT2D eigenvalue weighted by Crippen LogP contribution is -2.48. The van der Waals surface area contributed by atoms with Crippen molar-refractivity contribution in [1.82, 2.24) is 14.7 Å². The van der Waals surface area contributed by atoms with Crippen LogP contribution >= 0.6 is 0 Å². The predicted octanol–water partition coefficient (Wildman–Crippen LogP) is 4.30. The maximum Gasteiger partial charge on any atom is 0.246 e. The van der Waals surface area contributed by atoms with Gasteiger partial charge in [-0.3, -0.25) is 4.79 Å². The third-order valence-electron chi connectivity index (χ3n) is 5.86. The van der Waals surface area contributed by atoms with E-state index in [2.05, 4.69) is 35.1 Å². The summed E-state index contributed by atoms with van der Waals surface area (Å²) in [6.07, 6.45) is 3.48. The zero-order valence-electron chi connectivity index (χ0n) is 18.2. The second-order valence-corrected chi connectivity index (χ2v) is 7.90. The minimum Gasteiger partial charge on any atom is -0.368 e. The van der Waals surface area contributed by atoms with Crippen LogP contribution in [0.25, 0.3) is 11.8 Å². The molecule has 5 nitrogen and oxygen atoms in total. The molecule has 0 bridgehead atoms. The summed E-state index contributed by atoms with van der Waals surface area (Å²) in [5, 5.41) is 4.56. The molecule has 160 valence electrons. The van der Waals surface area contributed by atoms with Crippen molar-refractivity contribution in [2.24, 2.45) is 0 Å². The van der Waals surface area contributed by atoms with Gasteiger partial charge in [0.1, 0.15) is 5.82 Å². The van der Waals surface area contributed by atoms with Crippen LogP contribution in [0.15, 0.2) is 54.6 Å². The monoisotopic (exact) mass is 418 g/mol. The fourth-order valence-electron chi connectivity index (χ4n) is 4.08. The van der Waals surface area contributed by atoms with Gasteiger partial charge < -0.3 is 9.80 Å². The highest BCUT2D eigenvalue weighted by Crippen LogP contribution is 2.22. The van der Waals surface area contributed by atoms with Crippen molar-refractivity contribution >= 4 is 17.7 Å². The highest BCUT2D eigenvalue weighted by molar-refractivity contribution is 5.92. The minimum atomic E-state index is -0.279. The third kappa shape index (κ3) is 4.38. The fourth-order valence-corrected chi connectivity index (χ4v) is 4.08. The number of halogens is 1. The van der Waals surface area contributed by atoms with Gasteiger partial charge in [0, 0.05) is 49.2 Å². The van der Waals surface area contributed by atoms with E-state index in [1.165, 1.54) is 23.4 Å². The summed E-state index contributed by atoms with van der Waals surface area (Å²) in [6, 6.07) is 14.6. The molecule has 0 unspecified atom stereocenters. The van der Waals surface area contributed by atoms with E-state index < -0.39 is 0 Å². The number of benzene rings is 2. The molecule has 0 spiro atoms. The number of carbonyl (C=O) groups excluding carboxylic acids is 1. The number of nitrogens with zero attached hydrogens (tertiary/aromatic N) is 4. The van der Waals surface area contributed by atoms with Gasteiger partial charge in [-0.15, -0.1) is 0 Å². The Bertz CT molecular complexity index is 1110. The lowest BCUT2D eigenvalue weighted by molar-refractivity contribution is -0.126. The van der Waals surface area contributed by atoms with E-state index in [9.17, 15) is 9.18 Å². The Labute approximate surface area is 182 Å². The van der Waals surface area contributed by atoms with E-state index in [1.807, 2.05) is 30.9 Å². The number of aromatic nitrogens is 2. The van der Waals surface area contributed by atoms with Crippen molar-refractivity contribution in [2.45, 2.75) is 20.8 Å². The van der Waals surface area contributed by atoms with Crippen LogP contribution in [0.5, 0.6) is 0 Å². The highest BCUT2D eigenvalue weighted by Gasteiger charge is 2.21. The second kappa shape index (κ2) is 8.76. The van der Waals surface area contributed by atoms with Gasteiger partial charge in [-0.2, -0.15) is 5.10 Å². The number of hydrogen-bond donors (Lipinski definition) is 0. The van der Waals surface area contributed by atoms with Crippen LogP contribution < -0.4 is 4.90 Å². The maximum atomic E-state index is 13.2. The van der Waals surface area contributed by atoms with E-state index >= 15 is 0 Å². The third-order valence-corrected chi connectivity index (χ3v) is 5.86. The van der Waals surface area contributed by atoms with Crippen molar-refractivity contribution < 1.29 is 9.18 Å². The number of para-hydroxylation sites is 1. The highest BCUT2D eigenvalue weighted by atomic mass is 19.1.